The van der Waals surface area contributed by atoms with E-state index in [1.165, 1.54) is 6.07 Å². The topological polar surface area (TPSA) is 40.5 Å². The molecule has 0 amide bonds. The Morgan fingerprint density at radius 1 is 1.45 bits per heavy atom. The Morgan fingerprint density at radius 3 is 2.60 bits per heavy atom. The van der Waals surface area contributed by atoms with Gasteiger partial charge in [-0.1, -0.05) is 19.1 Å². The molecule has 0 aliphatic carbocycles. The summed E-state index contributed by atoms with van der Waals surface area (Å²) in [5.74, 6) is -0.905. The average Bonchev–Trinajstić information content (AvgIpc) is 2.46. The summed E-state index contributed by atoms with van der Waals surface area (Å²) in [7, 11) is 0. The Bertz CT molecular complexity index is 481. The number of carboxylic acid groups (broad SMARTS) is 1. The summed E-state index contributed by atoms with van der Waals surface area (Å²) in [5.41, 5.74) is 0.377. The summed E-state index contributed by atoms with van der Waals surface area (Å²) in [4.78, 5) is 13.7. The molecular formula is C16H22FNO2. The summed E-state index contributed by atoms with van der Waals surface area (Å²) >= 11 is 0. The predicted octanol–water partition coefficient (Wildman–Crippen LogP) is 3.46. The van der Waals surface area contributed by atoms with Crippen LogP contribution in [-0.2, 0) is 4.79 Å². The van der Waals surface area contributed by atoms with E-state index < -0.39 is 11.4 Å². The Hall–Kier alpha value is -1.42. The first kappa shape index (κ1) is 15.0. The van der Waals surface area contributed by atoms with E-state index in [1.807, 2.05) is 13.0 Å². The zero-order chi connectivity index (χ0) is 14.8. The molecule has 1 unspecified atom stereocenters. The van der Waals surface area contributed by atoms with Gasteiger partial charge in [0.2, 0.25) is 0 Å². The van der Waals surface area contributed by atoms with Crippen molar-refractivity contribution in [2.45, 2.75) is 39.2 Å². The maximum Gasteiger partial charge on any atom is 0.309 e. The van der Waals surface area contributed by atoms with Crippen LogP contribution in [0.15, 0.2) is 24.3 Å². The van der Waals surface area contributed by atoms with Gasteiger partial charge in [-0.05, 0) is 57.0 Å². The van der Waals surface area contributed by atoms with Gasteiger partial charge < -0.3 is 5.11 Å². The number of hydrogen-bond acceptors (Lipinski definition) is 2. The van der Waals surface area contributed by atoms with E-state index in [9.17, 15) is 14.3 Å². The zero-order valence-corrected chi connectivity index (χ0v) is 12.1. The second-order valence-corrected chi connectivity index (χ2v) is 5.71. The van der Waals surface area contributed by atoms with Crippen LogP contribution in [0.1, 0.15) is 44.7 Å². The molecule has 0 saturated carbocycles. The highest BCUT2D eigenvalue weighted by atomic mass is 19.1. The predicted molar refractivity (Wildman–Crippen MR) is 76.0 cm³/mol. The van der Waals surface area contributed by atoms with Crippen molar-refractivity contribution in [3.63, 3.8) is 0 Å². The molecule has 1 heterocycles. The second kappa shape index (κ2) is 5.92. The van der Waals surface area contributed by atoms with E-state index >= 15 is 0 Å². The summed E-state index contributed by atoms with van der Waals surface area (Å²) in [5, 5.41) is 9.40. The molecule has 1 N–H and O–H groups in total. The van der Waals surface area contributed by atoms with Crippen LogP contribution in [-0.4, -0.2) is 29.1 Å². The zero-order valence-electron chi connectivity index (χ0n) is 12.1. The summed E-state index contributed by atoms with van der Waals surface area (Å²) < 4.78 is 13.3. The Labute approximate surface area is 119 Å². The molecule has 0 bridgehead atoms. The fourth-order valence-corrected chi connectivity index (χ4v) is 3.04. The first-order chi connectivity index (χ1) is 9.48. The molecule has 4 heteroatoms. The number of nitrogens with zero attached hydrogens (tertiary/aromatic N) is 1. The molecule has 0 radical (unpaired) electrons. The van der Waals surface area contributed by atoms with Gasteiger partial charge in [0, 0.05) is 6.04 Å². The standard InChI is InChI=1S/C16H22FNO2/c1-3-16(15(19)20)7-9-18(10-8-16)12(2)13-5-4-6-14(17)11-13/h4-6,11-12H,3,7-10H2,1-2H3,(H,19,20). The van der Waals surface area contributed by atoms with Gasteiger partial charge in [-0.15, -0.1) is 0 Å². The largest absolute Gasteiger partial charge is 0.481 e. The van der Waals surface area contributed by atoms with Gasteiger partial charge in [-0.25, -0.2) is 4.39 Å². The molecule has 0 aromatic heterocycles. The summed E-state index contributed by atoms with van der Waals surface area (Å²) in [6.45, 7) is 5.49. The van der Waals surface area contributed by atoms with Crippen molar-refractivity contribution in [2.75, 3.05) is 13.1 Å². The number of rotatable bonds is 4. The van der Waals surface area contributed by atoms with Crippen LogP contribution in [0.4, 0.5) is 4.39 Å². The van der Waals surface area contributed by atoms with Crippen molar-refractivity contribution < 1.29 is 14.3 Å². The van der Waals surface area contributed by atoms with Gasteiger partial charge in [0.15, 0.2) is 0 Å². The van der Waals surface area contributed by atoms with Crippen molar-refractivity contribution in [2.24, 2.45) is 5.41 Å². The number of likely N-dealkylation sites (tertiary alicyclic amines) is 1. The Balaban J connectivity index is 2.05. The van der Waals surface area contributed by atoms with Crippen molar-refractivity contribution in [3.05, 3.63) is 35.6 Å². The monoisotopic (exact) mass is 279 g/mol. The number of aliphatic carboxylic acids is 1. The Kier molecular flexibility index (Phi) is 4.43. The number of halogens is 1. The van der Waals surface area contributed by atoms with E-state index in [4.69, 9.17) is 0 Å². The second-order valence-electron chi connectivity index (χ2n) is 5.71. The highest BCUT2D eigenvalue weighted by Gasteiger charge is 2.40. The molecular weight excluding hydrogens is 257 g/mol. The Morgan fingerprint density at radius 2 is 2.10 bits per heavy atom. The minimum Gasteiger partial charge on any atom is -0.481 e. The average molecular weight is 279 g/mol. The molecule has 2 rings (SSSR count). The summed E-state index contributed by atoms with van der Waals surface area (Å²) in [6, 6.07) is 6.77. The number of carbonyl (C=O) groups is 1. The third-order valence-electron chi connectivity index (χ3n) is 4.76. The molecule has 1 aliphatic rings. The van der Waals surface area contributed by atoms with Crippen LogP contribution < -0.4 is 0 Å². The maximum atomic E-state index is 13.3. The lowest BCUT2D eigenvalue weighted by atomic mass is 9.76. The number of piperidine rings is 1. The van der Waals surface area contributed by atoms with E-state index in [-0.39, 0.29) is 11.9 Å². The maximum absolute atomic E-state index is 13.3. The molecule has 110 valence electrons. The van der Waals surface area contributed by atoms with Crippen LogP contribution in [0.5, 0.6) is 0 Å². The molecule has 1 fully saturated rings. The van der Waals surface area contributed by atoms with Crippen LogP contribution in [0.2, 0.25) is 0 Å². The number of hydrogen-bond donors (Lipinski definition) is 1. The normalized spacial score (nSPS) is 20.6. The smallest absolute Gasteiger partial charge is 0.309 e. The van der Waals surface area contributed by atoms with E-state index in [0.29, 0.717) is 19.3 Å². The van der Waals surface area contributed by atoms with Gasteiger partial charge in [0.05, 0.1) is 5.41 Å². The highest BCUT2D eigenvalue weighted by Crippen LogP contribution is 2.37. The SMILES string of the molecule is CCC1(C(=O)O)CCN(C(C)c2cccc(F)c2)CC1. The van der Waals surface area contributed by atoms with Crippen LogP contribution >= 0.6 is 0 Å². The van der Waals surface area contributed by atoms with Gasteiger partial charge in [-0.3, -0.25) is 9.69 Å². The van der Waals surface area contributed by atoms with Gasteiger partial charge >= 0.3 is 5.97 Å². The van der Waals surface area contributed by atoms with Crippen LogP contribution in [0, 0.1) is 11.2 Å². The fourth-order valence-electron chi connectivity index (χ4n) is 3.04. The molecule has 1 aromatic carbocycles. The molecule has 1 aromatic rings. The fraction of sp³-hybridized carbons (Fsp3) is 0.562. The molecule has 20 heavy (non-hydrogen) atoms. The third kappa shape index (κ3) is 2.85. The van der Waals surface area contributed by atoms with Gasteiger partial charge in [0.25, 0.3) is 0 Å². The van der Waals surface area contributed by atoms with Crippen LogP contribution in [0.25, 0.3) is 0 Å². The van der Waals surface area contributed by atoms with E-state index in [0.717, 1.165) is 18.7 Å². The highest BCUT2D eigenvalue weighted by molar-refractivity contribution is 5.74. The number of carboxylic acids is 1. The minimum absolute atomic E-state index is 0.120. The van der Waals surface area contributed by atoms with E-state index in [2.05, 4.69) is 11.8 Å². The van der Waals surface area contributed by atoms with Crippen molar-refractivity contribution in [1.82, 2.24) is 4.90 Å². The van der Waals surface area contributed by atoms with Crippen molar-refractivity contribution in [1.29, 1.82) is 0 Å². The van der Waals surface area contributed by atoms with Gasteiger partial charge in [-0.2, -0.15) is 0 Å². The lowest BCUT2D eigenvalue weighted by molar-refractivity contribution is -0.152. The first-order valence-electron chi connectivity index (χ1n) is 7.21. The summed E-state index contributed by atoms with van der Waals surface area (Å²) in [6.07, 6.45) is 2.00. The van der Waals surface area contributed by atoms with Gasteiger partial charge in [0.1, 0.15) is 5.82 Å². The molecule has 0 spiro atoms. The number of benzene rings is 1. The third-order valence-corrected chi connectivity index (χ3v) is 4.76. The molecule has 1 aliphatic heterocycles. The molecule has 1 saturated heterocycles. The molecule has 1 atom stereocenters. The molecule has 3 nitrogen and oxygen atoms in total. The lowest BCUT2D eigenvalue weighted by Crippen LogP contribution is -2.44. The lowest BCUT2D eigenvalue weighted by Gasteiger charge is -2.41. The first-order valence-corrected chi connectivity index (χ1v) is 7.21. The van der Waals surface area contributed by atoms with Crippen LogP contribution in [0.3, 0.4) is 0 Å². The minimum atomic E-state index is -0.682. The van der Waals surface area contributed by atoms with E-state index in [1.54, 1.807) is 12.1 Å². The van der Waals surface area contributed by atoms with Crippen molar-refractivity contribution >= 4 is 5.97 Å². The van der Waals surface area contributed by atoms with Crippen molar-refractivity contribution in [3.8, 4) is 0 Å². The quantitative estimate of drug-likeness (QED) is 0.917.